The summed E-state index contributed by atoms with van der Waals surface area (Å²) in [5.74, 6) is 11.0. The first-order chi connectivity index (χ1) is 8.02. The molecular weight excluding hydrogens is 220 g/mol. The van der Waals surface area contributed by atoms with Gasteiger partial charge in [0.1, 0.15) is 0 Å². The van der Waals surface area contributed by atoms with Gasteiger partial charge in [-0.2, -0.15) is 0 Å². The summed E-state index contributed by atoms with van der Waals surface area (Å²) in [5.41, 5.74) is 1.64. The molecule has 0 aromatic heterocycles. The molecular formula is C11H16N4O2. The molecule has 1 aromatic carbocycles. The van der Waals surface area contributed by atoms with Crippen molar-refractivity contribution in [3.05, 3.63) is 35.9 Å². The number of hydrogen-bond acceptors (Lipinski definition) is 4. The van der Waals surface area contributed by atoms with Crippen LogP contribution >= 0.6 is 0 Å². The Balaban J connectivity index is 3.21. The molecule has 0 unspecified atom stereocenters. The fraction of sp³-hybridized carbons (Fsp3) is 0.182. The van der Waals surface area contributed by atoms with E-state index in [-0.39, 0.29) is 6.61 Å². The Labute approximate surface area is 99.7 Å². The third kappa shape index (κ3) is 2.62. The zero-order valence-electron chi connectivity index (χ0n) is 9.63. The number of carbonyl (C=O) groups is 1. The van der Waals surface area contributed by atoms with Gasteiger partial charge in [0.15, 0.2) is 0 Å². The first kappa shape index (κ1) is 13.2. The second kappa shape index (κ2) is 5.44. The first-order valence-corrected chi connectivity index (χ1v) is 4.95. The molecule has 2 amide bonds. The summed E-state index contributed by atoms with van der Waals surface area (Å²) in [4.78, 5) is 11.6. The molecule has 0 radical (unpaired) electrons. The van der Waals surface area contributed by atoms with E-state index >= 15 is 0 Å². The standard InChI is InChI=1S/C11H16N4O2/c1-3-8-5-4-6-10(9(8)7-16)15(13)11(17)14(2)12/h3-6,16H,1,7,12-13H2,2H3. The van der Waals surface area contributed by atoms with Crippen LogP contribution in [-0.4, -0.2) is 23.2 Å². The van der Waals surface area contributed by atoms with Gasteiger partial charge in [-0.1, -0.05) is 24.8 Å². The maximum absolute atomic E-state index is 11.6. The van der Waals surface area contributed by atoms with Crippen LogP contribution in [0.25, 0.3) is 6.08 Å². The summed E-state index contributed by atoms with van der Waals surface area (Å²) in [5, 5.41) is 11.1. The molecule has 0 heterocycles. The van der Waals surface area contributed by atoms with Gasteiger partial charge in [-0.25, -0.2) is 21.5 Å². The quantitative estimate of drug-likeness (QED) is 0.403. The van der Waals surface area contributed by atoms with Gasteiger partial charge < -0.3 is 5.11 Å². The van der Waals surface area contributed by atoms with Gasteiger partial charge in [0.25, 0.3) is 0 Å². The predicted molar refractivity (Wildman–Crippen MR) is 66.5 cm³/mol. The van der Waals surface area contributed by atoms with Crippen LogP contribution in [0.4, 0.5) is 10.5 Å². The average molecular weight is 236 g/mol. The van der Waals surface area contributed by atoms with E-state index < -0.39 is 6.03 Å². The molecule has 5 N–H and O–H groups in total. The first-order valence-electron chi connectivity index (χ1n) is 4.95. The number of anilines is 1. The molecule has 17 heavy (non-hydrogen) atoms. The van der Waals surface area contributed by atoms with Crippen LogP contribution in [0.15, 0.2) is 24.8 Å². The lowest BCUT2D eigenvalue weighted by Gasteiger charge is -2.23. The normalized spacial score (nSPS) is 9.88. The number of nitrogens with zero attached hydrogens (tertiary/aromatic N) is 2. The summed E-state index contributed by atoms with van der Waals surface area (Å²) < 4.78 is 0. The number of rotatable bonds is 3. The molecule has 92 valence electrons. The molecule has 0 aliphatic heterocycles. The van der Waals surface area contributed by atoms with Crippen molar-refractivity contribution in [2.75, 3.05) is 12.1 Å². The number of aliphatic hydroxyl groups excluding tert-OH is 1. The van der Waals surface area contributed by atoms with Gasteiger partial charge in [0, 0.05) is 12.6 Å². The highest BCUT2D eigenvalue weighted by atomic mass is 16.3. The average Bonchev–Trinajstić information content (AvgIpc) is 2.35. The predicted octanol–water partition coefficient (Wildman–Crippen LogP) is 0.428. The Kier molecular flexibility index (Phi) is 4.22. The van der Waals surface area contributed by atoms with Crippen molar-refractivity contribution in [3.8, 4) is 0 Å². The summed E-state index contributed by atoms with van der Waals surface area (Å²) in [6, 6.07) is 4.53. The van der Waals surface area contributed by atoms with Crippen LogP contribution in [-0.2, 0) is 6.61 Å². The number of hydrazine groups is 2. The molecule has 1 aromatic rings. The third-order valence-corrected chi connectivity index (χ3v) is 2.33. The maximum Gasteiger partial charge on any atom is 0.352 e. The smallest absolute Gasteiger partial charge is 0.352 e. The van der Waals surface area contributed by atoms with Crippen molar-refractivity contribution in [1.29, 1.82) is 0 Å². The molecule has 6 heteroatoms. The summed E-state index contributed by atoms with van der Waals surface area (Å²) in [6.45, 7) is 3.39. The van der Waals surface area contributed by atoms with Crippen molar-refractivity contribution < 1.29 is 9.90 Å². The van der Waals surface area contributed by atoms with Crippen molar-refractivity contribution in [1.82, 2.24) is 5.01 Å². The van der Waals surface area contributed by atoms with Crippen molar-refractivity contribution >= 4 is 17.8 Å². The molecule has 0 spiro atoms. The van der Waals surface area contributed by atoms with Crippen LogP contribution in [0, 0.1) is 0 Å². The van der Waals surface area contributed by atoms with Gasteiger partial charge in [-0.15, -0.1) is 0 Å². The van der Waals surface area contributed by atoms with Crippen LogP contribution in [0.3, 0.4) is 0 Å². The number of carbonyl (C=O) groups excluding carboxylic acids is 1. The lowest BCUT2D eigenvalue weighted by atomic mass is 10.1. The Morgan fingerprint density at radius 3 is 2.65 bits per heavy atom. The third-order valence-electron chi connectivity index (χ3n) is 2.33. The minimum atomic E-state index is -0.582. The van der Waals surface area contributed by atoms with Crippen LogP contribution in [0.2, 0.25) is 0 Å². The number of benzene rings is 1. The zero-order chi connectivity index (χ0) is 13.0. The Morgan fingerprint density at radius 2 is 2.18 bits per heavy atom. The second-order valence-electron chi connectivity index (χ2n) is 3.47. The Hall–Kier alpha value is -1.89. The van der Waals surface area contributed by atoms with Crippen LogP contribution < -0.4 is 16.7 Å². The van der Waals surface area contributed by atoms with Crippen LogP contribution in [0.1, 0.15) is 11.1 Å². The molecule has 6 nitrogen and oxygen atoms in total. The molecule has 0 fully saturated rings. The van der Waals surface area contributed by atoms with Gasteiger partial charge in [-0.05, 0) is 11.6 Å². The van der Waals surface area contributed by atoms with E-state index in [2.05, 4.69) is 6.58 Å². The van der Waals surface area contributed by atoms with Crippen molar-refractivity contribution in [3.63, 3.8) is 0 Å². The fourth-order valence-electron chi connectivity index (χ4n) is 1.45. The second-order valence-corrected chi connectivity index (χ2v) is 3.47. The number of amides is 2. The summed E-state index contributed by atoms with van der Waals surface area (Å²) in [7, 11) is 1.39. The molecule has 0 saturated heterocycles. The summed E-state index contributed by atoms with van der Waals surface area (Å²) in [6.07, 6.45) is 1.58. The highest BCUT2D eigenvalue weighted by Crippen LogP contribution is 2.23. The van der Waals surface area contributed by atoms with E-state index in [1.807, 2.05) is 0 Å². The van der Waals surface area contributed by atoms with E-state index in [1.165, 1.54) is 7.05 Å². The molecule has 1 rings (SSSR count). The SMILES string of the molecule is C=Cc1cccc(N(N)C(=O)N(C)N)c1CO. The highest BCUT2D eigenvalue weighted by molar-refractivity contribution is 5.91. The Bertz CT molecular complexity index is 431. The van der Waals surface area contributed by atoms with E-state index in [0.29, 0.717) is 16.8 Å². The van der Waals surface area contributed by atoms with E-state index in [0.717, 1.165) is 10.0 Å². The van der Waals surface area contributed by atoms with E-state index in [4.69, 9.17) is 11.7 Å². The number of urea groups is 1. The van der Waals surface area contributed by atoms with E-state index in [1.54, 1.807) is 24.3 Å². The van der Waals surface area contributed by atoms with Gasteiger partial charge in [0.05, 0.1) is 12.3 Å². The monoisotopic (exact) mass is 236 g/mol. The maximum atomic E-state index is 11.6. The summed E-state index contributed by atoms with van der Waals surface area (Å²) >= 11 is 0. The van der Waals surface area contributed by atoms with Gasteiger partial charge in [-0.3, -0.25) is 5.01 Å². The molecule has 0 aliphatic carbocycles. The Morgan fingerprint density at radius 1 is 1.53 bits per heavy atom. The van der Waals surface area contributed by atoms with Gasteiger partial charge in [0.2, 0.25) is 0 Å². The topological polar surface area (TPSA) is 95.8 Å². The minimum absolute atomic E-state index is 0.243. The van der Waals surface area contributed by atoms with Crippen molar-refractivity contribution in [2.45, 2.75) is 6.61 Å². The van der Waals surface area contributed by atoms with Crippen LogP contribution in [0.5, 0.6) is 0 Å². The minimum Gasteiger partial charge on any atom is -0.392 e. The molecule has 0 saturated carbocycles. The van der Waals surface area contributed by atoms with Crippen molar-refractivity contribution in [2.24, 2.45) is 11.7 Å². The number of hydrogen-bond donors (Lipinski definition) is 3. The molecule has 0 atom stereocenters. The lowest BCUT2D eigenvalue weighted by Crippen LogP contribution is -2.49. The van der Waals surface area contributed by atoms with Gasteiger partial charge >= 0.3 is 6.03 Å². The largest absolute Gasteiger partial charge is 0.392 e. The fourth-order valence-corrected chi connectivity index (χ4v) is 1.45. The lowest BCUT2D eigenvalue weighted by molar-refractivity contribution is 0.216. The molecule has 0 aliphatic rings. The van der Waals surface area contributed by atoms with E-state index in [9.17, 15) is 9.90 Å². The zero-order valence-corrected chi connectivity index (χ0v) is 9.63. The number of aliphatic hydroxyl groups is 1. The highest BCUT2D eigenvalue weighted by Gasteiger charge is 2.18. The number of nitrogens with two attached hydrogens (primary N) is 2. The molecule has 0 bridgehead atoms.